The number of nitrogens with zero attached hydrogens (tertiary/aromatic N) is 1. The third-order valence-electron chi connectivity index (χ3n) is 2.93. The van der Waals surface area contributed by atoms with Gasteiger partial charge < -0.3 is 5.73 Å². The molecule has 0 radical (unpaired) electrons. The van der Waals surface area contributed by atoms with E-state index in [2.05, 4.69) is 11.9 Å². The van der Waals surface area contributed by atoms with Crippen LogP contribution in [0.1, 0.15) is 11.1 Å². The molecule has 0 fully saturated rings. The van der Waals surface area contributed by atoms with Gasteiger partial charge in [0.1, 0.15) is 0 Å². The van der Waals surface area contributed by atoms with Crippen molar-refractivity contribution in [1.82, 2.24) is 4.90 Å². The zero-order chi connectivity index (χ0) is 13.8. The van der Waals surface area contributed by atoms with Crippen LogP contribution in [0.25, 0.3) is 0 Å². The number of para-hydroxylation sites is 1. The lowest BCUT2D eigenvalue weighted by atomic mass is 10.1. The fraction of sp³-hybridized carbons (Fsp3) is 0.200. The summed E-state index contributed by atoms with van der Waals surface area (Å²) in [6.07, 6.45) is 0. The van der Waals surface area contributed by atoms with E-state index in [9.17, 15) is 0 Å². The van der Waals surface area contributed by atoms with Gasteiger partial charge in [-0.15, -0.1) is 0 Å². The molecular weight excluding hydrogens is 279 g/mol. The van der Waals surface area contributed by atoms with Crippen molar-refractivity contribution in [3.8, 4) is 0 Å². The van der Waals surface area contributed by atoms with E-state index >= 15 is 0 Å². The zero-order valence-electron chi connectivity index (χ0n) is 10.7. The lowest BCUT2D eigenvalue weighted by Crippen LogP contribution is -2.18. The molecule has 2 aromatic rings. The standard InChI is InChI=1S/C15H16Cl2N2/c1-19(10-12-4-2-3-5-15(12)18)9-11-6-7-13(16)14(17)8-11/h2-8H,9-10,18H2,1H3. The molecule has 0 aliphatic rings. The first-order valence-corrected chi connectivity index (χ1v) is 6.77. The molecule has 100 valence electrons. The smallest absolute Gasteiger partial charge is 0.0595 e. The average molecular weight is 295 g/mol. The van der Waals surface area contributed by atoms with E-state index in [1.807, 2.05) is 42.5 Å². The molecule has 0 spiro atoms. The number of hydrogen-bond donors (Lipinski definition) is 1. The van der Waals surface area contributed by atoms with E-state index < -0.39 is 0 Å². The minimum Gasteiger partial charge on any atom is -0.398 e. The molecule has 2 rings (SSSR count). The van der Waals surface area contributed by atoms with Crippen LogP contribution >= 0.6 is 23.2 Å². The molecule has 0 saturated carbocycles. The monoisotopic (exact) mass is 294 g/mol. The highest BCUT2D eigenvalue weighted by Crippen LogP contribution is 2.23. The molecule has 0 saturated heterocycles. The highest BCUT2D eigenvalue weighted by molar-refractivity contribution is 6.42. The summed E-state index contributed by atoms with van der Waals surface area (Å²) in [5.74, 6) is 0. The van der Waals surface area contributed by atoms with Crippen molar-refractivity contribution in [1.29, 1.82) is 0 Å². The molecule has 0 aliphatic heterocycles. The van der Waals surface area contributed by atoms with Gasteiger partial charge in [-0.3, -0.25) is 4.90 Å². The number of anilines is 1. The number of benzene rings is 2. The molecule has 2 N–H and O–H groups in total. The van der Waals surface area contributed by atoms with Gasteiger partial charge in [0, 0.05) is 18.8 Å². The molecule has 2 nitrogen and oxygen atoms in total. The van der Waals surface area contributed by atoms with Gasteiger partial charge in [-0.2, -0.15) is 0 Å². The Morgan fingerprint density at radius 1 is 1.00 bits per heavy atom. The molecule has 0 heterocycles. The van der Waals surface area contributed by atoms with Crippen LogP contribution in [0.3, 0.4) is 0 Å². The number of hydrogen-bond acceptors (Lipinski definition) is 2. The summed E-state index contributed by atoms with van der Waals surface area (Å²) in [6, 6.07) is 13.6. The van der Waals surface area contributed by atoms with Crippen LogP contribution in [-0.2, 0) is 13.1 Å². The fourth-order valence-electron chi connectivity index (χ4n) is 1.97. The van der Waals surface area contributed by atoms with E-state index in [1.54, 1.807) is 0 Å². The third kappa shape index (κ3) is 3.87. The van der Waals surface area contributed by atoms with Gasteiger partial charge >= 0.3 is 0 Å². The molecule has 2 aromatic carbocycles. The van der Waals surface area contributed by atoms with Gasteiger partial charge in [0.15, 0.2) is 0 Å². The Morgan fingerprint density at radius 2 is 1.74 bits per heavy atom. The molecule has 0 amide bonds. The van der Waals surface area contributed by atoms with E-state index in [0.29, 0.717) is 10.0 Å². The molecular formula is C15H16Cl2N2. The first-order chi connectivity index (χ1) is 9.06. The molecule has 0 atom stereocenters. The Labute approximate surface area is 123 Å². The van der Waals surface area contributed by atoms with Crippen LogP contribution in [0.15, 0.2) is 42.5 Å². The largest absolute Gasteiger partial charge is 0.398 e. The van der Waals surface area contributed by atoms with Gasteiger partial charge in [-0.25, -0.2) is 0 Å². The van der Waals surface area contributed by atoms with Crippen LogP contribution in [0, 0.1) is 0 Å². The van der Waals surface area contributed by atoms with Crippen molar-refractivity contribution < 1.29 is 0 Å². The number of rotatable bonds is 4. The third-order valence-corrected chi connectivity index (χ3v) is 3.67. The predicted molar refractivity (Wildman–Crippen MR) is 82.5 cm³/mol. The van der Waals surface area contributed by atoms with E-state index in [0.717, 1.165) is 29.9 Å². The van der Waals surface area contributed by atoms with Gasteiger partial charge in [0.2, 0.25) is 0 Å². The zero-order valence-corrected chi connectivity index (χ0v) is 12.2. The lowest BCUT2D eigenvalue weighted by Gasteiger charge is -2.18. The highest BCUT2D eigenvalue weighted by Gasteiger charge is 2.06. The summed E-state index contributed by atoms with van der Waals surface area (Å²) in [5, 5.41) is 1.17. The number of halogens is 2. The normalized spacial score (nSPS) is 10.9. The highest BCUT2D eigenvalue weighted by atomic mass is 35.5. The Morgan fingerprint density at radius 3 is 2.42 bits per heavy atom. The predicted octanol–water partition coefficient (Wildman–Crippen LogP) is 4.21. The van der Waals surface area contributed by atoms with Crippen LogP contribution in [0.2, 0.25) is 10.0 Å². The lowest BCUT2D eigenvalue weighted by molar-refractivity contribution is 0.319. The quantitative estimate of drug-likeness (QED) is 0.856. The second-order valence-corrected chi connectivity index (χ2v) is 5.43. The van der Waals surface area contributed by atoms with Crippen molar-refractivity contribution in [3.63, 3.8) is 0 Å². The Balaban J connectivity index is 2.03. The Bertz CT molecular complexity index is 570. The first kappa shape index (κ1) is 14.2. The summed E-state index contributed by atoms with van der Waals surface area (Å²) in [7, 11) is 2.05. The molecule has 4 heteroatoms. The maximum absolute atomic E-state index is 6.01. The minimum absolute atomic E-state index is 0.584. The SMILES string of the molecule is CN(Cc1ccc(Cl)c(Cl)c1)Cc1ccccc1N. The van der Waals surface area contributed by atoms with Gasteiger partial charge in [-0.1, -0.05) is 47.5 Å². The maximum atomic E-state index is 6.01. The number of nitrogens with two attached hydrogens (primary N) is 1. The van der Waals surface area contributed by atoms with Crippen molar-refractivity contribution in [2.75, 3.05) is 12.8 Å². The minimum atomic E-state index is 0.584. The van der Waals surface area contributed by atoms with Gasteiger partial charge in [0.25, 0.3) is 0 Å². The van der Waals surface area contributed by atoms with Crippen LogP contribution in [0.5, 0.6) is 0 Å². The number of nitrogen functional groups attached to an aromatic ring is 1. The summed E-state index contributed by atoms with van der Waals surface area (Å²) < 4.78 is 0. The van der Waals surface area contributed by atoms with Crippen molar-refractivity contribution >= 4 is 28.9 Å². The van der Waals surface area contributed by atoms with Crippen molar-refractivity contribution in [2.24, 2.45) is 0 Å². The van der Waals surface area contributed by atoms with E-state index in [1.165, 1.54) is 0 Å². The summed E-state index contributed by atoms with van der Waals surface area (Å²) in [6.45, 7) is 1.60. The molecule has 0 aromatic heterocycles. The summed E-state index contributed by atoms with van der Waals surface area (Å²) >= 11 is 11.9. The second-order valence-electron chi connectivity index (χ2n) is 4.62. The van der Waals surface area contributed by atoms with Crippen molar-refractivity contribution in [3.05, 3.63) is 63.6 Å². The van der Waals surface area contributed by atoms with Crippen LogP contribution < -0.4 is 5.73 Å². The summed E-state index contributed by atoms with van der Waals surface area (Å²) in [4.78, 5) is 2.19. The fourth-order valence-corrected chi connectivity index (χ4v) is 2.30. The Hall–Kier alpha value is -1.22. The van der Waals surface area contributed by atoms with Crippen LogP contribution in [0.4, 0.5) is 5.69 Å². The maximum Gasteiger partial charge on any atom is 0.0595 e. The second kappa shape index (κ2) is 6.29. The van der Waals surface area contributed by atoms with Crippen LogP contribution in [-0.4, -0.2) is 11.9 Å². The Kier molecular flexibility index (Phi) is 4.70. The average Bonchev–Trinajstić information content (AvgIpc) is 2.37. The molecule has 19 heavy (non-hydrogen) atoms. The topological polar surface area (TPSA) is 29.3 Å². The van der Waals surface area contributed by atoms with E-state index in [-0.39, 0.29) is 0 Å². The van der Waals surface area contributed by atoms with Gasteiger partial charge in [-0.05, 0) is 36.4 Å². The van der Waals surface area contributed by atoms with Crippen molar-refractivity contribution in [2.45, 2.75) is 13.1 Å². The van der Waals surface area contributed by atoms with E-state index in [4.69, 9.17) is 28.9 Å². The molecule has 0 aliphatic carbocycles. The first-order valence-electron chi connectivity index (χ1n) is 6.02. The summed E-state index contributed by atoms with van der Waals surface area (Å²) in [5.41, 5.74) is 9.02. The van der Waals surface area contributed by atoms with Gasteiger partial charge in [0.05, 0.1) is 10.0 Å². The molecule has 0 bridgehead atoms. The molecule has 0 unspecified atom stereocenters.